The molecule has 0 bridgehead atoms. The molecule has 0 aromatic carbocycles. The van der Waals surface area contributed by atoms with Gasteiger partial charge in [0, 0.05) is 38.3 Å². The quantitative estimate of drug-likeness (QED) is 0.837. The van der Waals surface area contributed by atoms with Gasteiger partial charge in [-0.2, -0.15) is 10.1 Å². The van der Waals surface area contributed by atoms with Crippen molar-refractivity contribution >= 4 is 17.6 Å². The Morgan fingerprint density at radius 1 is 1.08 bits per heavy atom. The van der Waals surface area contributed by atoms with Crippen LogP contribution in [0, 0.1) is 0 Å². The number of ether oxygens (including phenoxy) is 1. The fourth-order valence-corrected chi connectivity index (χ4v) is 3.24. The van der Waals surface area contributed by atoms with E-state index in [1.54, 1.807) is 12.7 Å². The summed E-state index contributed by atoms with van der Waals surface area (Å²) in [5.41, 5.74) is 0. The Morgan fingerprint density at radius 2 is 2.00 bits per heavy atom. The molecule has 0 radical (unpaired) electrons. The topological polar surface area (TPSA) is 95.1 Å². The lowest BCUT2D eigenvalue weighted by Gasteiger charge is -2.33. The molecular weight excluding hydrogens is 308 g/mol. The first-order valence-corrected chi connectivity index (χ1v) is 8.40. The van der Waals surface area contributed by atoms with Crippen LogP contribution in [0.25, 0.3) is 0 Å². The molecule has 0 unspecified atom stereocenters. The predicted molar refractivity (Wildman–Crippen MR) is 90.3 cm³/mol. The number of piperidine rings is 1. The third kappa shape index (κ3) is 3.40. The lowest BCUT2D eigenvalue weighted by molar-refractivity contribution is 0.122. The summed E-state index contributed by atoms with van der Waals surface area (Å²) in [5, 5.41) is 10.4. The van der Waals surface area contributed by atoms with Crippen LogP contribution in [-0.2, 0) is 4.74 Å². The van der Waals surface area contributed by atoms with Crippen molar-refractivity contribution in [1.29, 1.82) is 0 Å². The van der Waals surface area contributed by atoms with Crippen molar-refractivity contribution in [2.24, 2.45) is 0 Å². The first-order chi connectivity index (χ1) is 11.9. The minimum Gasteiger partial charge on any atom is -0.378 e. The van der Waals surface area contributed by atoms with Crippen molar-refractivity contribution < 1.29 is 4.74 Å². The Labute approximate surface area is 140 Å². The summed E-state index contributed by atoms with van der Waals surface area (Å²) in [4.78, 5) is 17.5. The Balaban J connectivity index is 1.41. The van der Waals surface area contributed by atoms with Crippen molar-refractivity contribution in [2.45, 2.75) is 18.9 Å². The molecular formula is C15H22N8O. The van der Waals surface area contributed by atoms with Gasteiger partial charge >= 0.3 is 0 Å². The van der Waals surface area contributed by atoms with E-state index >= 15 is 0 Å². The number of hydrogen-bond acceptors (Lipinski definition) is 8. The maximum absolute atomic E-state index is 5.40. The van der Waals surface area contributed by atoms with Gasteiger partial charge in [0.05, 0.1) is 13.2 Å². The summed E-state index contributed by atoms with van der Waals surface area (Å²) < 4.78 is 5.40. The fraction of sp³-hybridized carbons (Fsp3) is 0.600. The highest BCUT2D eigenvalue weighted by atomic mass is 16.5. The second kappa shape index (κ2) is 7.00. The Bertz CT molecular complexity index is 643. The lowest BCUT2D eigenvalue weighted by Crippen LogP contribution is -2.43. The molecule has 9 heteroatoms. The summed E-state index contributed by atoms with van der Waals surface area (Å²) in [6, 6.07) is 2.36. The molecule has 2 aromatic heterocycles. The number of aromatic amines is 1. The Morgan fingerprint density at radius 3 is 2.83 bits per heavy atom. The van der Waals surface area contributed by atoms with Crippen LogP contribution in [0.5, 0.6) is 0 Å². The van der Waals surface area contributed by atoms with E-state index in [1.165, 1.54) is 0 Å². The van der Waals surface area contributed by atoms with E-state index < -0.39 is 0 Å². The standard InChI is InChI=1S/C15H22N8O/c1-2-12(9-23(3-1)15-18-11-19-21-15)20-13-8-14(17-10-16-13)22-4-6-24-7-5-22/h8,10-12H,1-7,9H2,(H,16,17,20)(H,18,19,21)/t12-/m1/s1. The van der Waals surface area contributed by atoms with Gasteiger partial charge in [-0.15, -0.1) is 0 Å². The first-order valence-electron chi connectivity index (χ1n) is 8.40. The summed E-state index contributed by atoms with van der Waals surface area (Å²) >= 11 is 0. The number of nitrogens with zero attached hydrogens (tertiary/aromatic N) is 6. The molecule has 4 heterocycles. The van der Waals surface area contributed by atoms with Gasteiger partial charge in [-0.25, -0.2) is 15.1 Å². The highest BCUT2D eigenvalue weighted by Gasteiger charge is 2.22. The molecule has 128 valence electrons. The largest absolute Gasteiger partial charge is 0.378 e. The van der Waals surface area contributed by atoms with Crippen molar-refractivity contribution in [3.8, 4) is 0 Å². The SMILES string of the molecule is c1nc(N[C@@H]2CCCN(c3ncn[nH]3)C2)cc(N2CCOCC2)n1. The highest BCUT2D eigenvalue weighted by molar-refractivity contribution is 5.49. The number of aromatic nitrogens is 5. The number of H-pyrrole nitrogens is 1. The highest BCUT2D eigenvalue weighted by Crippen LogP contribution is 2.20. The fourth-order valence-electron chi connectivity index (χ4n) is 3.24. The minimum absolute atomic E-state index is 0.330. The van der Waals surface area contributed by atoms with Gasteiger partial charge in [0.25, 0.3) is 0 Å². The number of hydrogen-bond donors (Lipinski definition) is 2. The molecule has 2 N–H and O–H groups in total. The number of anilines is 3. The van der Waals surface area contributed by atoms with Gasteiger partial charge in [-0.3, -0.25) is 0 Å². The summed E-state index contributed by atoms with van der Waals surface area (Å²) in [6.07, 6.45) is 5.40. The average Bonchev–Trinajstić information content (AvgIpc) is 3.18. The molecule has 2 aromatic rings. The van der Waals surface area contributed by atoms with Crippen molar-refractivity contribution in [3.05, 3.63) is 18.7 Å². The monoisotopic (exact) mass is 330 g/mol. The molecule has 2 aliphatic rings. The van der Waals surface area contributed by atoms with E-state index in [4.69, 9.17) is 4.74 Å². The van der Waals surface area contributed by atoms with Crippen LogP contribution < -0.4 is 15.1 Å². The van der Waals surface area contributed by atoms with E-state index in [-0.39, 0.29) is 0 Å². The molecule has 0 aliphatic carbocycles. The predicted octanol–water partition coefficient (Wildman–Crippen LogP) is 0.512. The van der Waals surface area contributed by atoms with Crippen LogP contribution in [0.15, 0.2) is 18.7 Å². The zero-order valence-electron chi connectivity index (χ0n) is 13.6. The second-order valence-electron chi connectivity index (χ2n) is 6.10. The normalized spacial score (nSPS) is 21.8. The maximum Gasteiger partial charge on any atom is 0.221 e. The lowest BCUT2D eigenvalue weighted by atomic mass is 10.1. The van der Waals surface area contributed by atoms with Gasteiger partial charge in [0.15, 0.2) is 0 Å². The summed E-state index contributed by atoms with van der Waals surface area (Å²) in [6.45, 7) is 5.13. The summed E-state index contributed by atoms with van der Waals surface area (Å²) in [7, 11) is 0. The van der Waals surface area contributed by atoms with Crippen LogP contribution in [0.1, 0.15) is 12.8 Å². The average molecular weight is 330 g/mol. The molecule has 24 heavy (non-hydrogen) atoms. The van der Waals surface area contributed by atoms with E-state index in [9.17, 15) is 0 Å². The smallest absolute Gasteiger partial charge is 0.221 e. The molecule has 0 spiro atoms. The molecule has 0 saturated carbocycles. The van der Waals surface area contributed by atoms with Crippen LogP contribution in [0.2, 0.25) is 0 Å². The molecule has 2 saturated heterocycles. The molecule has 4 rings (SSSR count). The van der Waals surface area contributed by atoms with Crippen LogP contribution in [0.3, 0.4) is 0 Å². The number of nitrogens with one attached hydrogen (secondary N) is 2. The molecule has 0 amide bonds. The van der Waals surface area contributed by atoms with Crippen LogP contribution in [0.4, 0.5) is 17.6 Å². The van der Waals surface area contributed by atoms with Crippen LogP contribution >= 0.6 is 0 Å². The van der Waals surface area contributed by atoms with Gasteiger partial charge in [0.1, 0.15) is 24.3 Å². The van der Waals surface area contributed by atoms with E-state index in [1.807, 2.05) is 6.07 Å². The van der Waals surface area contributed by atoms with E-state index in [2.05, 4.69) is 40.3 Å². The van der Waals surface area contributed by atoms with Crippen molar-refractivity contribution in [3.63, 3.8) is 0 Å². The third-order valence-electron chi connectivity index (χ3n) is 4.46. The van der Waals surface area contributed by atoms with E-state index in [0.717, 1.165) is 69.8 Å². The summed E-state index contributed by atoms with van der Waals surface area (Å²) in [5.74, 6) is 2.66. The molecule has 1 atom stereocenters. The van der Waals surface area contributed by atoms with Crippen molar-refractivity contribution in [2.75, 3.05) is 54.5 Å². The Hall–Kier alpha value is -2.42. The molecule has 9 nitrogen and oxygen atoms in total. The zero-order chi connectivity index (χ0) is 16.2. The maximum atomic E-state index is 5.40. The van der Waals surface area contributed by atoms with Gasteiger partial charge in [0.2, 0.25) is 5.95 Å². The first kappa shape index (κ1) is 15.1. The second-order valence-corrected chi connectivity index (χ2v) is 6.10. The zero-order valence-corrected chi connectivity index (χ0v) is 13.6. The number of morpholine rings is 1. The van der Waals surface area contributed by atoms with Crippen LogP contribution in [-0.4, -0.2) is 70.6 Å². The van der Waals surface area contributed by atoms with E-state index in [0.29, 0.717) is 6.04 Å². The minimum atomic E-state index is 0.330. The van der Waals surface area contributed by atoms with Gasteiger partial charge in [-0.05, 0) is 12.8 Å². The Kier molecular flexibility index (Phi) is 4.41. The number of rotatable bonds is 4. The van der Waals surface area contributed by atoms with Gasteiger partial charge in [-0.1, -0.05) is 0 Å². The van der Waals surface area contributed by atoms with Gasteiger partial charge < -0.3 is 19.9 Å². The van der Waals surface area contributed by atoms with Crippen molar-refractivity contribution in [1.82, 2.24) is 25.1 Å². The molecule has 2 aliphatic heterocycles. The molecule has 2 fully saturated rings. The third-order valence-corrected chi connectivity index (χ3v) is 4.46.